The summed E-state index contributed by atoms with van der Waals surface area (Å²) in [6.07, 6.45) is 4.00. The van der Waals surface area contributed by atoms with Gasteiger partial charge in [-0.25, -0.2) is 9.78 Å². The van der Waals surface area contributed by atoms with Crippen LogP contribution >= 0.6 is 34.0 Å². The molecular weight excluding hydrogens is 328 g/mol. The van der Waals surface area contributed by atoms with Crippen LogP contribution in [0.2, 0.25) is 0 Å². The van der Waals surface area contributed by atoms with Crippen LogP contribution in [0.25, 0.3) is 15.5 Å². The largest absolute Gasteiger partial charge is 0.478 e. The van der Waals surface area contributed by atoms with Crippen molar-refractivity contribution in [3.63, 3.8) is 0 Å². The van der Waals surface area contributed by atoms with Gasteiger partial charge in [-0.3, -0.25) is 10.1 Å². The summed E-state index contributed by atoms with van der Waals surface area (Å²) in [5.41, 5.74) is 0. The van der Waals surface area contributed by atoms with Crippen molar-refractivity contribution in [2.45, 2.75) is 0 Å². The van der Waals surface area contributed by atoms with Crippen LogP contribution in [0.15, 0.2) is 29.8 Å². The molecule has 0 saturated carbocycles. The molecule has 0 radical (unpaired) electrons. The highest BCUT2D eigenvalue weighted by Gasteiger charge is 2.12. The molecule has 0 atom stereocenters. The molecule has 3 aromatic heterocycles. The number of aliphatic carboxylic acids is 1. The van der Waals surface area contributed by atoms with Crippen molar-refractivity contribution >= 4 is 66.5 Å². The lowest BCUT2D eigenvalue weighted by Gasteiger charge is -1.97. The summed E-state index contributed by atoms with van der Waals surface area (Å²) in [6.45, 7) is 0. The highest BCUT2D eigenvalue weighted by atomic mass is 32.1. The molecule has 0 aliphatic carbocycles. The van der Waals surface area contributed by atoms with Crippen LogP contribution in [0.4, 0.5) is 5.13 Å². The zero-order valence-electron chi connectivity index (χ0n) is 10.4. The Morgan fingerprint density at radius 1 is 1.29 bits per heavy atom. The van der Waals surface area contributed by atoms with E-state index in [4.69, 9.17) is 5.11 Å². The molecule has 0 aliphatic heterocycles. The first-order valence-electron chi connectivity index (χ1n) is 5.77. The fourth-order valence-electron chi connectivity index (χ4n) is 1.61. The Hall–Kier alpha value is -2.03. The number of thiazole rings is 1. The number of amides is 1. The smallest absolute Gasteiger partial charge is 0.328 e. The minimum absolute atomic E-state index is 0.202. The molecule has 3 aromatic rings. The third-order valence-corrected chi connectivity index (χ3v) is 5.47. The minimum Gasteiger partial charge on any atom is -0.478 e. The standard InChI is InChI=1S/C13H8N2O3S3/c16-11(17)2-1-7-6-14-13(20-7)15-12(18)10-5-9-8(21-10)3-4-19-9/h1-6H,(H,16,17)(H,14,15,18)/b2-1+. The number of nitrogens with zero attached hydrogens (tertiary/aromatic N) is 1. The number of anilines is 1. The maximum Gasteiger partial charge on any atom is 0.328 e. The first-order valence-corrected chi connectivity index (χ1v) is 8.28. The van der Waals surface area contributed by atoms with E-state index >= 15 is 0 Å². The lowest BCUT2D eigenvalue weighted by Crippen LogP contribution is -2.09. The van der Waals surface area contributed by atoms with Gasteiger partial charge in [-0.05, 0) is 23.6 Å². The zero-order chi connectivity index (χ0) is 14.8. The third kappa shape index (κ3) is 3.18. The van der Waals surface area contributed by atoms with Crippen molar-refractivity contribution in [2.24, 2.45) is 0 Å². The van der Waals surface area contributed by atoms with E-state index in [-0.39, 0.29) is 5.91 Å². The van der Waals surface area contributed by atoms with Gasteiger partial charge in [0.2, 0.25) is 0 Å². The van der Waals surface area contributed by atoms with Gasteiger partial charge in [-0.2, -0.15) is 0 Å². The number of carboxylic acid groups (broad SMARTS) is 1. The predicted octanol–water partition coefficient (Wildman–Crippen LogP) is 3.77. The summed E-state index contributed by atoms with van der Waals surface area (Å²) in [5.74, 6) is -1.22. The Morgan fingerprint density at radius 3 is 2.90 bits per heavy atom. The quantitative estimate of drug-likeness (QED) is 0.711. The number of hydrogen-bond acceptors (Lipinski definition) is 6. The van der Waals surface area contributed by atoms with Crippen LogP contribution in [0, 0.1) is 0 Å². The highest BCUT2D eigenvalue weighted by Crippen LogP contribution is 2.30. The molecule has 0 aromatic carbocycles. The normalized spacial score (nSPS) is 11.2. The van der Waals surface area contributed by atoms with Crippen LogP contribution in [0.5, 0.6) is 0 Å². The van der Waals surface area contributed by atoms with Gasteiger partial charge in [0.25, 0.3) is 5.91 Å². The van der Waals surface area contributed by atoms with Crippen LogP contribution in [0.1, 0.15) is 14.5 Å². The Morgan fingerprint density at radius 2 is 2.14 bits per heavy atom. The summed E-state index contributed by atoms with van der Waals surface area (Å²) >= 11 is 4.25. The number of nitrogens with one attached hydrogen (secondary N) is 1. The van der Waals surface area contributed by atoms with Crippen LogP contribution in [-0.4, -0.2) is 22.0 Å². The van der Waals surface area contributed by atoms with Gasteiger partial charge in [-0.1, -0.05) is 11.3 Å². The van der Waals surface area contributed by atoms with E-state index in [0.29, 0.717) is 14.9 Å². The molecule has 0 spiro atoms. The molecule has 0 fully saturated rings. The van der Waals surface area contributed by atoms with Crippen molar-refractivity contribution in [3.05, 3.63) is 39.5 Å². The van der Waals surface area contributed by atoms with E-state index < -0.39 is 5.97 Å². The lowest BCUT2D eigenvalue weighted by molar-refractivity contribution is -0.131. The summed E-state index contributed by atoms with van der Waals surface area (Å²) in [6, 6.07) is 3.85. The molecule has 5 nitrogen and oxygen atoms in total. The van der Waals surface area contributed by atoms with Gasteiger partial charge in [0.1, 0.15) is 0 Å². The molecule has 8 heteroatoms. The lowest BCUT2D eigenvalue weighted by atomic mass is 10.4. The molecule has 3 rings (SSSR count). The fourth-order valence-corrected chi connectivity index (χ4v) is 4.33. The molecule has 0 bridgehead atoms. The maximum atomic E-state index is 12.1. The van der Waals surface area contributed by atoms with Crippen molar-refractivity contribution in [2.75, 3.05) is 5.32 Å². The third-order valence-electron chi connectivity index (χ3n) is 2.50. The molecule has 106 valence electrons. The van der Waals surface area contributed by atoms with Crippen molar-refractivity contribution in [1.29, 1.82) is 0 Å². The second-order valence-corrected chi connectivity index (χ2v) is 7.05. The highest BCUT2D eigenvalue weighted by molar-refractivity contribution is 7.28. The predicted molar refractivity (Wildman–Crippen MR) is 86.4 cm³/mol. The number of carboxylic acids is 1. The summed E-state index contributed by atoms with van der Waals surface area (Å²) in [5, 5.41) is 13.7. The van der Waals surface area contributed by atoms with Gasteiger partial charge >= 0.3 is 5.97 Å². The first kappa shape index (κ1) is 13.9. The van der Waals surface area contributed by atoms with Gasteiger partial charge in [0, 0.05) is 26.5 Å². The number of thiophene rings is 2. The zero-order valence-corrected chi connectivity index (χ0v) is 12.8. The molecule has 0 aliphatic rings. The molecule has 21 heavy (non-hydrogen) atoms. The Balaban J connectivity index is 1.72. The topological polar surface area (TPSA) is 79.3 Å². The Kier molecular flexibility index (Phi) is 3.82. The number of rotatable bonds is 4. The van der Waals surface area contributed by atoms with E-state index in [1.807, 2.05) is 17.5 Å². The van der Waals surface area contributed by atoms with Crippen molar-refractivity contribution < 1.29 is 14.7 Å². The number of hydrogen-bond donors (Lipinski definition) is 2. The van der Waals surface area contributed by atoms with E-state index in [1.54, 1.807) is 11.3 Å². The SMILES string of the molecule is O=C(O)/C=C/c1cnc(NC(=O)c2cc3sccc3s2)s1. The first-order chi connectivity index (χ1) is 10.1. The molecular formula is C13H8N2O3S3. The number of carbonyl (C=O) groups excluding carboxylic acids is 1. The summed E-state index contributed by atoms with van der Waals surface area (Å²) in [4.78, 5) is 27.9. The van der Waals surface area contributed by atoms with Gasteiger partial charge in [0.05, 0.1) is 4.88 Å². The van der Waals surface area contributed by atoms with E-state index in [1.165, 1.54) is 34.9 Å². The van der Waals surface area contributed by atoms with E-state index in [2.05, 4.69) is 10.3 Å². The number of aromatic nitrogens is 1. The molecule has 0 saturated heterocycles. The average Bonchev–Trinajstić information content (AvgIpc) is 3.10. The van der Waals surface area contributed by atoms with E-state index in [9.17, 15) is 9.59 Å². The molecule has 3 heterocycles. The Bertz CT molecular complexity index is 815. The summed E-state index contributed by atoms with van der Waals surface area (Å²) < 4.78 is 2.18. The Labute approximate surface area is 131 Å². The second kappa shape index (κ2) is 5.76. The van der Waals surface area contributed by atoms with Crippen LogP contribution < -0.4 is 5.32 Å². The van der Waals surface area contributed by atoms with Crippen molar-refractivity contribution in [3.8, 4) is 0 Å². The fraction of sp³-hybridized carbons (Fsp3) is 0. The van der Waals surface area contributed by atoms with Crippen LogP contribution in [0.3, 0.4) is 0 Å². The average molecular weight is 336 g/mol. The second-order valence-electron chi connectivity index (χ2n) is 3.95. The van der Waals surface area contributed by atoms with Gasteiger partial charge in [-0.15, -0.1) is 22.7 Å². The van der Waals surface area contributed by atoms with Crippen molar-refractivity contribution in [1.82, 2.24) is 4.98 Å². The number of carbonyl (C=O) groups is 2. The van der Waals surface area contributed by atoms with E-state index in [0.717, 1.165) is 15.5 Å². The molecule has 0 unspecified atom stereocenters. The maximum absolute atomic E-state index is 12.1. The number of fused-ring (bicyclic) bond motifs is 1. The van der Waals surface area contributed by atoms with Gasteiger partial charge < -0.3 is 5.11 Å². The monoisotopic (exact) mass is 336 g/mol. The molecule has 1 amide bonds. The summed E-state index contributed by atoms with van der Waals surface area (Å²) in [7, 11) is 0. The molecule has 2 N–H and O–H groups in total. The minimum atomic E-state index is -1.02. The van der Waals surface area contributed by atoms with Crippen LogP contribution in [-0.2, 0) is 4.79 Å². The van der Waals surface area contributed by atoms with Gasteiger partial charge in [0.15, 0.2) is 5.13 Å².